The van der Waals surface area contributed by atoms with Gasteiger partial charge in [0.2, 0.25) is 40.1 Å². The molecule has 8 N–H and O–H groups in total. The average molecular weight is 2100 g/mol. The van der Waals surface area contributed by atoms with Gasteiger partial charge in [-0.15, -0.1) is 0 Å². The molecule has 0 amide bonds. The second-order valence-electron chi connectivity index (χ2n) is 34.2. The smallest absolute Gasteiger partial charge is 0.277 e. The van der Waals surface area contributed by atoms with E-state index in [2.05, 4.69) is 74.4 Å². The Hall–Kier alpha value is -11.0. The van der Waals surface area contributed by atoms with E-state index < -0.39 is 214 Å². The molecule has 0 spiro atoms. The zero-order valence-electron chi connectivity index (χ0n) is 118. The molecule has 12 aromatic rings. The number of H-pyrrole nitrogens is 4. The van der Waals surface area contributed by atoms with Crippen LogP contribution in [0, 0.1) is 0 Å². The molecule has 4 fully saturated rings. The predicted octanol–water partition coefficient (Wildman–Crippen LogP) is 11.3. The molecule has 5 unspecified atom stereocenters. The minimum Gasteiger partial charge on any atom is -0.493 e. The van der Waals surface area contributed by atoms with Crippen LogP contribution in [0.4, 0.5) is 0 Å². The fourth-order valence-electron chi connectivity index (χ4n) is 16.6. The summed E-state index contributed by atoms with van der Waals surface area (Å²) in [6, 6.07) is 13.5. The Bertz CT molecular complexity index is 8870. The van der Waals surface area contributed by atoms with Gasteiger partial charge >= 0.3 is 0 Å². The number of hydrogen-bond donors (Lipinski definition) is 8. The maximum absolute atomic E-state index is 13.5. The Balaban J connectivity index is 0.000000196. The lowest BCUT2D eigenvalue weighted by Crippen LogP contribution is -2.31. The maximum atomic E-state index is 13.5. The van der Waals surface area contributed by atoms with E-state index in [1.165, 1.54) is 107 Å². The van der Waals surface area contributed by atoms with Gasteiger partial charge in [0, 0.05) is 129 Å². The zero-order chi connectivity index (χ0) is 135. The molecule has 0 bridgehead atoms. The first-order valence-corrected chi connectivity index (χ1v) is 52.8. The Labute approximate surface area is 895 Å². The summed E-state index contributed by atoms with van der Waals surface area (Å²) < 4.78 is 434. The summed E-state index contributed by atoms with van der Waals surface area (Å²) in [7, 11) is -17.2. The van der Waals surface area contributed by atoms with Crippen molar-refractivity contribution in [2.24, 2.45) is 27.9 Å². The summed E-state index contributed by atoms with van der Waals surface area (Å²) in [4.78, 5) is 84.9. The van der Waals surface area contributed by atoms with Crippen LogP contribution < -0.4 is 60.1 Å². The van der Waals surface area contributed by atoms with Crippen molar-refractivity contribution in [3.8, 4) is 68.5 Å². The molecule has 8 aromatic heterocycles. The van der Waals surface area contributed by atoms with Crippen LogP contribution in [0.25, 0.3) is 89.7 Å². The Morgan fingerprint density at radius 1 is 0.354 bits per heavy atom. The van der Waals surface area contributed by atoms with E-state index >= 15 is 0 Å². The number of aromatic amines is 4. The number of likely N-dealkylation sites (tertiary alicyclic amines) is 4. The van der Waals surface area contributed by atoms with Crippen molar-refractivity contribution in [2.75, 3.05) is 107 Å². The molecule has 40 nitrogen and oxygen atoms in total. The van der Waals surface area contributed by atoms with Crippen LogP contribution >= 0.6 is 0 Å². The first-order valence-electron chi connectivity index (χ1n) is 65.5. The van der Waals surface area contributed by atoms with Crippen LogP contribution in [-0.4, -0.2) is 263 Å². The minimum atomic E-state index is -4.58. The fourth-order valence-corrected chi connectivity index (χ4v) is 20.6. The molecule has 4 aliphatic rings. The lowest BCUT2D eigenvalue weighted by molar-refractivity contribution is 0.297. The van der Waals surface area contributed by atoms with Crippen LogP contribution in [-0.2, 0) is 93.6 Å². The molecular formula is C100H144N24O16S4. The maximum Gasteiger partial charge on any atom is 0.277 e. The van der Waals surface area contributed by atoms with Crippen LogP contribution in [0.3, 0.4) is 0 Å². The highest BCUT2D eigenvalue weighted by atomic mass is 32.2. The van der Waals surface area contributed by atoms with E-state index in [9.17, 15) is 52.8 Å². The summed E-state index contributed by atoms with van der Waals surface area (Å²) >= 11 is 0. The largest absolute Gasteiger partial charge is 0.493 e. The fraction of sp³-hybridized carbons (Fsp3) is 0.560. The van der Waals surface area contributed by atoms with Gasteiger partial charge in [-0.25, -0.2) is 72.5 Å². The third-order valence-electron chi connectivity index (χ3n) is 23.7. The van der Waals surface area contributed by atoms with Gasteiger partial charge in [-0.3, -0.25) is 37.9 Å². The number of rotatable bonds is 44. The number of aryl methyl sites for hydroxylation is 8. The highest BCUT2D eigenvalue weighted by molar-refractivity contribution is 7.90. The van der Waals surface area contributed by atoms with E-state index in [4.69, 9.17) is 69.7 Å². The highest BCUT2D eigenvalue weighted by Crippen LogP contribution is 2.38. The zero-order valence-corrected chi connectivity index (χ0v) is 83.9. The second-order valence-corrected chi connectivity index (χ2v) is 41.1. The van der Waals surface area contributed by atoms with E-state index in [0.717, 1.165) is 13.0 Å². The summed E-state index contributed by atoms with van der Waals surface area (Å²) in [5.74, 6) is -0.195. The number of ether oxygens (including phenoxy) is 4. The van der Waals surface area contributed by atoms with Gasteiger partial charge in [-0.2, -0.15) is 20.4 Å². The Morgan fingerprint density at radius 2 is 0.632 bits per heavy atom. The van der Waals surface area contributed by atoms with Gasteiger partial charge in [0.05, 0.1) is 91.0 Å². The molecular weight excluding hydrogens is 1920 g/mol. The van der Waals surface area contributed by atoms with Crippen molar-refractivity contribution < 1.29 is 103 Å². The molecule has 4 saturated heterocycles. The molecule has 44 heteroatoms. The van der Waals surface area contributed by atoms with Gasteiger partial charge < -0.3 is 58.5 Å². The van der Waals surface area contributed by atoms with Gasteiger partial charge in [-0.1, -0.05) is 80.9 Å². The van der Waals surface area contributed by atoms with Crippen LogP contribution in [0.2, 0.25) is 0 Å². The van der Waals surface area contributed by atoms with Crippen molar-refractivity contribution in [3.63, 3.8) is 0 Å². The Morgan fingerprint density at radius 3 is 0.917 bits per heavy atom. The molecule has 0 radical (unpaired) electrons. The van der Waals surface area contributed by atoms with E-state index in [-0.39, 0.29) is 213 Å². The lowest BCUT2D eigenvalue weighted by Gasteiger charge is -2.19. The number of hydrogen-bond acceptors (Lipinski definition) is 28. The van der Waals surface area contributed by atoms with Crippen molar-refractivity contribution in [3.05, 3.63) is 137 Å². The molecule has 4 aliphatic heterocycles. The number of benzene rings is 4. The number of nitrogens with one attached hydrogen (secondary N) is 8. The SMILES string of the molecule is [2H]C(CC1CCCN1C([2H])([2H])[2H])NS(=O)(=O)c1ccc(OCCC)c(-c2nc3c(CC([2H])([2H])C)nn(C([2H])([2H])[2H])c3c(=O)[nH]2)c1.[2H]C([2H])(C)Cc1nn(C([2H])([2H])[2H])c2c(=O)[nH]c(-c3cc(S(=O)(=O)NC([2H])([2H])CC4CCCN4C([2H])([2H])[2H])ccc3OCCC)nc12.[2H]C([2H])(C)Cc1nn(C([2H])([2H])[2H])c2c(=O)[nH]c(-c3cc(S(=O)(=O)NCCC4CCCN4C([2H])([2H])[2H])ccc3OCCC)nc12.[2H]C([2H])([2H])N1CCCC1CCNS(=O)(=O)c1ccc(OCCC)c(-c2nc3c(C([2H])([2H])C([2H])([2H])C)nn(C([2H])([2H])[2H])c3c(=O)[nH]2)c1. The quantitative estimate of drug-likeness (QED) is 0.0176. The molecule has 784 valence electrons. The summed E-state index contributed by atoms with van der Waals surface area (Å²) in [6.45, 7) is -10.5. The summed E-state index contributed by atoms with van der Waals surface area (Å²) in [5, 5.41) is 15.8. The van der Waals surface area contributed by atoms with Crippen molar-refractivity contribution in [1.82, 2.24) is 117 Å². The Kier molecular flexibility index (Phi) is 24.2. The molecule has 12 heterocycles. The van der Waals surface area contributed by atoms with Crippen molar-refractivity contribution in [1.29, 1.82) is 0 Å². The molecule has 0 saturated carbocycles. The van der Waals surface area contributed by atoms with E-state index in [1.807, 2.05) is 32.4 Å². The summed E-state index contributed by atoms with van der Waals surface area (Å²) in [6.07, 6.45) is -4.85. The number of nitrogens with zero attached hydrogens (tertiary/aromatic N) is 16. The molecule has 4 aromatic carbocycles. The molecule has 0 aliphatic carbocycles. The van der Waals surface area contributed by atoms with Gasteiger partial charge in [-0.05, 0) is 255 Å². The number of sulfonamides is 4. The molecule has 16 rings (SSSR count). The van der Waals surface area contributed by atoms with Gasteiger partial charge in [0.1, 0.15) is 68.4 Å². The van der Waals surface area contributed by atoms with Crippen LogP contribution in [0.5, 0.6) is 23.0 Å². The first kappa shape index (κ1) is 69.9. The lowest BCUT2D eigenvalue weighted by atomic mass is 10.1. The monoisotopic (exact) mass is 2100 g/mol. The molecule has 5 atom stereocenters. The highest BCUT2D eigenvalue weighted by Gasteiger charge is 2.32. The molecule has 144 heavy (non-hydrogen) atoms. The number of aromatic nitrogens is 16. The predicted molar refractivity (Wildman–Crippen MR) is 559 cm³/mol. The first-order chi connectivity index (χ1) is 83.1. The van der Waals surface area contributed by atoms with E-state index in [1.54, 1.807) is 0 Å². The van der Waals surface area contributed by atoms with Crippen molar-refractivity contribution in [2.45, 2.75) is 253 Å². The standard InChI is InChI=1S/4C25H36N6O4S/c4*1-5-8-20-22-23(31(4)29-20)25(32)28-24(27-22)19-16-18(10-11-21(19)35-15-6-2)36(33,34)26-13-12-17-9-7-14-30(17)3/h4*10-11,16-17,26H,5-9,12-15H2,1-4H3,(H,27,28,32)/i3D3,4D3,5D2,13D2;3D3,4D3,5D2,13D;3D3,4D3,5D2,8D2;3D3,4D3,5D2. The van der Waals surface area contributed by atoms with Crippen LogP contribution in [0.15, 0.2) is 112 Å². The minimum absolute atomic E-state index is 0.000720. The van der Waals surface area contributed by atoms with Crippen molar-refractivity contribution >= 4 is 84.2 Å². The van der Waals surface area contributed by atoms with Gasteiger partial charge in [0.25, 0.3) is 22.2 Å². The van der Waals surface area contributed by atoms with Crippen LogP contribution in [0.1, 0.15) is 257 Å². The van der Waals surface area contributed by atoms with E-state index in [0.29, 0.717) is 122 Å². The second kappa shape index (κ2) is 49.9. The number of fused-ring (bicyclic) bond motifs is 4. The average Bonchev–Trinajstić information content (AvgIpc) is 1.56. The third-order valence-corrected chi connectivity index (χ3v) is 29.3. The van der Waals surface area contributed by atoms with Gasteiger partial charge in [0.15, 0.2) is 22.1 Å². The topological polar surface area (TPSA) is 489 Å². The summed E-state index contributed by atoms with van der Waals surface area (Å²) in [5.41, 5.74) is -7.35. The normalized spacial score (nSPS) is 22.0. The third kappa shape index (κ3) is 26.5.